The number of benzene rings is 2. The van der Waals surface area contributed by atoms with Gasteiger partial charge in [-0.25, -0.2) is 12.8 Å². The number of para-hydroxylation sites is 1. The van der Waals surface area contributed by atoms with Crippen molar-refractivity contribution in [2.45, 2.75) is 24.8 Å². The molecule has 0 unspecified atom stereocenters. The summed E-state index contributed by atoms with van der Waals surface area (Å²) in [6.45, 7) is 3.51. The quantitative estimate of drug-likeness (QED) is 0.775. The zero-order chi connectivity index (χ0) is 19.3. The summed E-state index contributed by atoms with van der Waals surface area (Å²) in [6.07, 6.45) is 0. The lowest BCUT2D eigenvalue weighted by atomic mass is 10.3. The van der Waals surface area contributed by atoms with E-state index in [4.69, 9.17) is 0 Å². The van der Waals surface area contributed by atoms with Gasteiger partial charge in [0.1, 0.15) is 5.82 Å². The van der Waals surface area contributed by atoms with E-state index in [2.05, 4.69) is 10.6 Å². The minimum absolute atomic E-state index is 0.0771. The highest BCUT2D eigenvalue weighted by atomic mass is 32.2. The fourth-order valence-electron chi connectivity index (χ4n) is 2.13. The van der Waals surface area contributed by atoms with E-state index in [0.29, 0.717) is 5.69 Å². The average Bonchev–Trinajstić information content (AvgIpc) is 2.61. The third-order valence-corrected chi connectivity index (χ3v) is 5.91. The number of halogens is 1. The van der Waals surface area contributed by atoms with Crippen LogP contribution in [0.2, 0.25) is 0 Å². The number of sulfonamides is 1. The number of hydrogen-bond acceptors (Lipinski definition) is 4. The summed E-state index contributed by atoms with van der Waals surface area (Å²) in [6, 6.07) is 11.9. The number of carbonyl (C=O) groups excluding carboxylic acids is 1. The van der Waals surface area contributed by atoms with E-state index < -0.39 is 21.7 Å². The SMILES string of the molecule is CC(C)N(C)S(=O)(=O)c1ccc(NCC(=O)Nc2ccccc2F)cc1. The predicted molar refractivity (Wildman–Crippen MR) is 100 cm³/mol. The van der Waals surface area contributed by atoms with E-state index in [-0.39, 0.29) is 23.2 Å². The Balaban J connectivity index is 1.97. The first-order valence-electron chi connectivity index (χ1n) is 8.08. The van der Waals surface area contributed by atoms with Gasteiger partial charge in [0.25, 0.3) is 0 Å². The lowest BCUT2D eigenvalue weighted by Gasteiger charge is -2.21. The molecule has 0 atom stereocenters. The maximum absolute atomic E-state index is 13.5. The molecule has 2 N–H and O–H groups in total. The Morgan fingerprint density at radius 3 is 2.31 bits per heavy atom. The summed E-state index contributed by atoms with van der Waals surface area (Å²) >= 11 is 0. The molecule has 0 aliphatic heterocycles. The highest BCUT2D eigenvalue weighted by Gasteiger charge is 2.22. The van der Waals surface area contributed by atoms with Crippen LogP contribution in [0.15, 0.2) is 53.4 Å². The predicted octanol–water partition coefficient (Wildman–Crippen LogP) is 2.91. The van der Waals surface area contributed by atoms with Crippen molar-refractivity contribution in [1.29, 1.82) is 0 Å². The Labute approximate surface area is 153 Å². The second-order valence-electron chi connectivity index (χ2n) is 6.02. The molecule has 0 saturated carbocycles. The first kappa shape index (κ1) is 19.9. The van der Waals surface area contributed by atoms with Crippen molar-refractivity contribution in [3.05, 3.63) is 54.3 Å². The smallest absolute Gasteiger partial charge is 0.243 e. The lowest BCUT2D eigenvalue weighted by Crippen LogP contribution is -2.33. The highest BCUT2D eigenvalue weighted by Crippen LogP contribution is 2.19. The molecule has 0 spiro atoms. The number of amides is 1. The van der Waals surface area contributed by atoms with Crippen LogP contribution in [0.4, 0.5) is 15.8 Å². The number of anilines is 2. The molecule has 26 heavy (non-hydrogen) atoms. The Bertz CT molecular complexity index is 868. The van der Waals surface area contributed by atoms with Crippen LogP contribution in [0.3, 0.4) is 0 Å². The molecule has 0 aliphatic carbocycles. The van der Waals surface area contributed by atoms with Gasteiger partial charge in [-0.05, 0) is 50.2 Å². The van der Waals surface area contributed by atoms with Gasteiger partial charge in [-0.3, -0.25) is 4.79 Å². The number of carbonyl (C=O) groups is 1. The zero-order valence-electron chi connectivity index (χ0n) is 14.9. The van der Waals surface area contributed by atoms with Crippen LogP contribution in [0.5, 0.6) is 0 Å². The van der Waals surface area contributed by atoms with E-state index in [0.717, 1.165) is 0 Å². The van der Waals surface area contributed by atoms with Crippen molar-refractivity contribution in [1.82, 2.24) is 4.31 Å². The standard InChI is InChI=1S/C18H22FN3O3S/c1-13(2)22(3)26(24,25)15-10-8-14(9-11-15)20-12-18(23)21-17-7-5-4-6-16(17)19/h4-11,13,20H,12H2,1-3H3,(H,21,23). The number of nitrogens with one attached hydrogen (secondary N) is 2. The normalized spacial score (nSPS) is 11.6. The summed E-state index contributed by atoms with van der Waals surface area (Å²) in [5, 5.41) is 5.34. The fourth-order valence-corrected chi connectivity index (χ4v) is 3.50. The Kier molecular flexibility index (Phi) is 6.33. The third kappa shape index (κ3) is 4.80. The van der Waals surface area contributed by atoms with Gasteiger partial charge in [-0.1, -0.05) is 12.1 Å². The Morgan fingerprint density at radius 2 is 1.73 bits per heavy atom. The molecule has 0 aliphatic rings. The molecule has 2 aromatic carbocycles. The van der Waals surface area contributed by atoms with Crippen molar-refractivity contribution < 1.29 is 17.6 Å². The van der Waals surface area contributed by atoms with Gasteiger partial charge in [0, 0.05) is 18.8 Å². The number of nitrogens with zero attached hydrogens (tertiary/aromatic N) is 1. The van der Waals surface area contributed by atoms with Crippen molar-refractivity contribution in [2.75, 3.05) is 24.2 Å². The van der Waals surface area contributed by atoms with Crippen molar-refractivity contribution in [3.63, 3.8) is 0 Å². The topological polar surface area (TPSA) is 78.5 Å². The molecule has 8 heteroatoms. The molecule has 6 nitrogen and oxygen atoms in total. The van der Waals surface area contributed by atoms with Gasteiger partial charge in [0.05, 0.1) is 17.1 Å². The summed E-state index contributed by atoms with van der Waals surface area (Å²) in [4.78, 5) is 12.1. The van der Waals surface area contributed by atoms with Gasteiger partial charge < -0.3 is 10.6 Å². The van der Waals surface area contributed by atoms with Crippen LogP contribution in [-0.2, 0) is 14.8 Å². The molecule has 0 fully saturated rings. The summed E-state index contributed by atoms with van der Waals surface area (Å²) in [5.41, 5.74) is 0.692. The maximum atomic E-state index is 13.5. The fraction of sp³-hybridized carbons (Fsp3) is 0.278. The van der Waals surface area contributed by atoms with Gasteiger partial charge in [-0.2, -0.15) is 4.31 Å². The van der Waals surface area contributed by atoms with Crippen LogP contribution < -0.4 is 10.6 Å². The van der Waals surface area contributed by atoms with Crippen molar-refractivity contribution in [2.24, 2.45) is 0 Å². The molecule has 0 saturated heterocycles. The molecular formula is C18H22FN3O3S. The molecule has 0 radical (unpaired) electrons. The van der Waals surface area contributed by atoms with Crippen LogP contribution in [0.25, 0.3) is 0 Å². The molecule has 0 heterocycles. The molecule has 1 amide bonds. The molecule has 0 bridgehead atoms. The van der Waals surface area contributed by atoms with E-state index in [1.807, 2.05) is 0 Å². The Morgan fingerprint density at radius 1 is 1.12 bits per heavy atom. The number of hydrogen-bond donors (Lipinski definition) is 2. The average molecular weight is 379 g/mol. The largest absolute Gasteiger partial charge is 0.376 e. The third-order valence-electron chi connectivity index (χ3n) is 3.86. The molecular weight excluding hydrogens is 357 g/mol. The van der Waals surface area contributed by atoms with Gasteiger partial charge >= 0.3 is 0 Å². The molecule has 2 aromatic rings. The monoisotopic (exact) mass is 379 g/mol. The van der Waals surface area contributed by atoms with Gasteiger partial charge in [-0.15, -0.1) is 0 Å². The van der Waals surface area contributed by atoms with Crippen molar-refractivity contribution >= 4 is 27.3 Å². The first-order valence-corrected chi connectivity index (χ1v) is 9.52. The summed E-state index contributed by atoms with van der Waals surface area (Å²) < 4.78 is 39.6. The summed E-state index contributed by atoms with van der Waals surface area (Å²) in [5.74, 6) is -0.920. The molecule has 2 rings (SSSR count). The second-order valence-corrected chi connectivity index (χ2v) is 8.02. The minimum Gasteiger partial charge on any atom is -0.376 e. The van der Waals surface area contributed by atoms with E-state index in [1.165, 1.54) is 41.7 Å². The van der Waals surface area contributed by atoms with Crippen LogP contribution >= 0.6 is 0 Å². The highest BCUT2D eigenvalue weighted by molar-refractivity contribution is 7.89. The molecule has 140 valence electrons. The van der Waals surface area contributed by atoms with E-state index >= 15 is 0 Å². The van der Waals surface area contributed by atoms with Crippen LogP contribution in [-0.4, -0.2) is 38.3 Å². The van der Waals surface area contributed by atoms with Crippen molar-refractivity contribution in [3.8, 4) is 0 Å². The first-order chi connectivity index (χ1) is 12.2. The number of rotatable bonds is 7. The molecule has 0 aromatic heterocycles. The Hall–Kier alpha value is -2.45. The van der Waals surface area contributed by atoms with Gasteiger partial charge in [0.15, 0.2) is 0 Å². The zero-order valence-corrected chi connectivity index (χ0v) is 15.7. The maximum Gasteiger partial charge on any atom is 0.243 e. The minimum atomic E-state index is -3.55. The van der Waals surface area contributed by atoms with E-state index in [1.54, 1.807) is 32.0 Å². The van der Waals surface area contributed by atoms with Gasteiger partial charge in [0.2, 0.25) is 15.9 Å². The van der Waals surface area contributed by atoms with E-state index in [9.17, 15) is 17.6 Å². The van der Waals surface area contributed by atoms with Crippen LogP contribution in [0, 0.1) is 5.82 Å². The second kappa shape index (κ2) is 8.29. The lowest BCUT2D eigenvalue weighted by molar-refractivity contribution is -0.114. The van der Waals surface area contributed by atoms with Crippen LogP contribution in [0.1, 0.15) is 13.8 Å². The summed E-state index contributed by atoms with van der Waals surface area (Å²) in [7, 11) is -2.02.